The second kappa shape index (κ2) is 10.6. The molecule has 1 unspecified atom stereocenters. The van der Waals surface area contributed by atoms with Crippen LogP contribution in [-0.4, -0.2) is 48.3 Å². The predicted molar refractivity (Wildman–Crippen MR) is 129 cm³/mol. The molecule has 0 spiro atoms. The molecule has 2 N–H and O–H groups in total. The van der Waals surface area contributed by atoms with Crippen molar-refractivity contribution in [2.75, 3.05) is 13.2 Å². The van der Waals surface area contributed by atoms with Gasteiger partial charge in [0.15, 0.2) is 5.82 Å². The summed E-state index contributed by atoms with van der Waals surface area (Å²) in [5, 5.41) is 23.4. The zero-order valence-corrected chi connectivity index (χ0v) is 20.0. The molecule has 2 heterocycles. The van der Waals surface area contributed by atoms with E-state index in [9.17, 15) is 9.90 Å². The molecule has 1 fully saturated rings. The van der Waals surface area contributed by atoms with E-state index in [0.717, 1.165) is 47.1 Å². The number of nitrogens with zero attached hydrogens (tertiary/aromatic N) is 5. The highest BCUT2D eigenvalue weighted by Crippen LogP contribution is 2.32. The van der Waals surface area contributed by atoms with Gasteiger partial charge in [-0.25, -0.2) is 4.68 Å². The molecule has 1 aromatic carbocycles. The summed E-state index contributed by atoms with van der Waals surface area (Å²) in [6.45, 7) is 7.52. The number of fused-ring (bicyclic) bond motifs is 1. The topological polar surface area (TPSA) is 99.9 Å². The summed E-state index contributed by atoms with van der Waals surface area (Å²) in [6.07, 6.45) is 7.36. The van der Waals surface area contributed by atoms with Gasteiger partial charge in [0.05, 0.1) is 12.1 Å². The Labute approximate surface area is 195 Å². The van der Waals surface area contributed by atoms with Gasteiger partial charge < -0.3 is 10.1 Å². The molecule has 178 valence electrons. The number of hydrogen-bond donors (Lipinski definition) is 2. The highest BCUT2D eigenvalue weighted by atomic mass is 16.3. The third kappa shape index (κ3) is 5.17. The number of rotatable bonds is 9. The molecular weight excluding hydrogens is 416 g/mol. The first-order chi connectivity index (χ1) is 16.0. The highest BCUT2D eigenvalue weighted by Gasteiger charge is 2.28. The van der Waals surface area contributed by atoms with E-state index in [1.807, 2.05) is 16.8 Å². The van der Waals surface area contributed by atoms with Gasteiger partial charge in [0.25, 0.3) is 5.56 Å². The van der Waals surface area contributed by atoms with Crippen molar-refractivity contribution in [3.05, 3.63) is 51.1 Å². The Bertz CT molecular complexity index is 1130. The fourth-order valence-electron chi connectivity index (χ4n) is 5.09. The Hall–Kier alpha value is -2.58. The minimum absolute atomic E-state index is 0.0247. The fourth-order valence-corrected chi connectivity index (χ4v) is 5.09. The number of aryl methyl sites for hydroxylation is 2. The molecule has 1 atom stereocenters. The molecule has 33 heavy (non-hydrogen) atoms. The average molecular weight is 453 g/mol. The molecule has 8 heteroatoms. The summed E-state index contributed by atoms with van der Waals surface area (Å²) >= 11 is 0. The van der Waals surface area contributed by atoms with Crippen LogP contribution >= 0.6 is 0 Å². The fraction of sp³-hybridized carbons (Fsp3) is 0.600. The van der Waals surface area contributed by atoms with Gasteiger partial charge in [-0.05, 0) is 84.7 Å². The van der Waals surface area contributed by atoms with Crippen LogP contribution in [0.3, 0.4) is 0 Å². The van der Waals surface area contributed by atoms with Crippen molar-refractivity contribution in [2.24, 2.45) is 0 Å². The van der Waals surface area contributed by atoms with Crippen molar-refractivity contribution in [3.63, 3.8) is 0 Å². The lowest BCUT2D eigenvalue weighted by Gasteiger charge is -2.32. The maximum absolute atomic E-state index is 13.0. The molecular formula is C25H36N6O2. The van der Waals surface area contributed by atoms with Gasteiger partial charge >= 0.3 is 0 Å². The van der Waals surface area contributed by atoms with Crippen molar-refractivity contribution in [1.82, 2.24) is 30.1 Å². The van der Waals surface area contributed by atoms with E-state index >= 15 is 0 Å². The number of hydrogen-bond acceptors (Lipinski definition) is 6. The molecule has 0 bridgehead atoms. The Morgan fingerprint density at radius 1 is 1.18 bits per heavy atom. The van der Waals surface area contributed by atoms with Gasteiger partial charge in [-0.15, -0.1) is 5.10 Å². The van der Waals surface area contributed by atoms with Gasteiger partial charge in [-0.1, -0.05) is 26.2 Å². The zero-order valence-electron chi connectivity index (χ0n) is 20.0. The molecule has 0 aliphatic heterocycles. The minimum atomic E-state index is -0.0681. The number of benzene rings is 1. The third-order valence-corrected chi connectivity index (χ3v) is 7.08. The molecule has 1 aliphatic carbocycles. The van der Waals surface area contributed by atoms with Crippen LogP contribution in [0.1, 0.15) is 86.5 Å². The number of aliphatic hydroxyl groups is 1. The van der Waals surface area contributed by atoms with E-state index in [1.54, 1.807) is 0 Å². The molecule has 2 aromatic heterocycles. The van der Waals surface area contributed by atoms with Gasteiger partial charge in [0.1, 0.15) is 0 Å². The van der Waals surface area contributed by atoms with Crippen LogP contribution in [0.4, 0.5) is 0 Å². The molecule has 1 saturated carbocycles. The summed E-state index contributed by atoms with van der Waals surface area (Å²) in [5.41, 5.74) is 3.88. The van der Waals surface area contributed by atoms with Crippen LogP contribution in [0.15, 0.2) is 23.0 Å². The smallest absolute Gasteiger partial charge is 0.252 e. The number of nitrogens with one attached hydrogen (secondary N) is 1. The number of aromatic nitrogens is 5. The first-order valence-corrected chi connectivity index (χ1v) is 12.3. The summed E-state index contributed by atoms with van der Waals surface area (Å²) in [5.74, 6) is 0.867. The lowest BCUT2D eigenvalue weighted by Crippen LogP contribution is -2.34. The lowest BCUT2D eigenvalue weighted by molar-refractivity contribution is 0.147. The minimum Gasteiger partial charge on any atom is -0.396 e. The van der Waals surface area contributed by atoms with Gasteiger partial charge in [-0.2, -0.15) is 0 Å². The van der Waals surface area contributed by atoms with E-state index in [-0.39, 0.29) is 18.2 Å². The number of aliphatic hydroxyl groups excluding tert-OH is 1. The van der Waals surface area contributed by atoms with Crippen molar-refractivity contribution in [1.29, 1.82) is 0 Å². The second-order valence-corrected chi connectivity index (χ2v) is 9.39. The second-order valence-electron chi connectivity index (χ2n) is 9.39. The summed E-state index contributed by atoms with van der Waals surface area (Å²) in [4.78, 5) is 18.3. The lowest BCUT2D eigenvalue weighted by atomic mass is 9.95. The van der Waals surface area contributed by atoms with Crippen molar-refractivity contribution >= 4 is 10.9 Å². The van der Waals surface area contributed by atoms with E-state index in [0.29, 0.717) is 25.6 Å². The third-order valence-electron chi connectivity index (χ3n) is 7.08. The van der Waals surface area contributed by atoms with Gasteiger partial charge in [0, 0.05) is 30.8 Å². The number of pyridine rings is 1. The Balaban J connectivity index is 1.67. The first-order valence-electron chi connectivity index (χ1n) is 12.3. The zero-order chi connectivity index (χ0) is 23.4. The monoisotopic (exact) mass is 452 g/mol. The summed E-state index contributed by atoms with van der Waals surface area (Å²) in [7, 11) is 0. The quantitative estimate of drug-likeness (QED) is 0.510. The van der Waals surface area contributed by atoms with Crippen LogP contribution in [-0.2, 0) is 6.54 Å². The van der Waals surface area contributed by atoms with Crippen molar-refractivity contribution in [3.8, 4) is 0 Å². The van der Waals surface area contributed by atoms with Gasteiger partial charge in [-0.3, -0.25) is 9.69 Å². The number of aromatic amines is 1. The first kappa shape index (κ1) is 23.6. The molecule has 0 radical (unpaired) electrons. The molecule has 3 aromatic rings. The maximum atomic E-state index is 13.0. The van der Waals surface area contributed by atoms with E-state index in [1.165, 1.54) is 24.8 Å². The van der Waals surface area contributed by atoms with Gasteiger partial charge in [0.2, 0.25) is 0 Å². The molecule has 8 nitrogen and oxygen atoms in total. The SMILES string of the molecule is CCC(c1nnnn1C1CCCCC1)N(CCCO)Cc1cc2cc(C)c(C)cc2[nH]c1=O. The largest absolute Gasteiger partial charge is 0.396 e. The van der Waals surface area contributed by atoms with Crippen LogP contribution < -0.4 is 5.56 Å². The Morgan fingerprint density at radius 3 is 2.67 bits per heavy atom. The number of H-pyrrole nitrogens is 1. The predicted octanol–water partition coefficient (Wildman–Crippen LogP) is 3.97. The molecule has 1 aliphatic rings. The van der Waals surface area contributed by atoms with Crippen LogP contribution in [0.25, 0.3) is 10.9 Å². The molecule has 4 rings (SSSR count). The van der Waals surface area contributed by atoms with Crippen LogP contribution in [0.2, 0.25) is 0 Å². The molecule has 0 saturated heterocycles. The molecule has 0 amide bonds. The highest BCUT2D eigenvalue weighted by molar-refractivity contribution is 5.80. The summed E-state index contributed by atoms with van der Waals surface area (Å²) < 4.78 is 2.02. The van der Waals surface area contributed by atoms with E-state index in [4.69, 9.17) is 0 Å². The Kier molecular flexibility index (Phi) is 7.55. The summed E-state index contributed by atoms with van der Waals surface area (Å²) in [6, 6.07) is 6.48. The standard InChI is InChI=1S/C25H36N6O2/c1-4-23(24-27-28-29-31(24)21-9-6-5-7-10-21)30(11-8-12-32)16-20-15-19-13-17(2)18(3)14-22(19)26-25(20)33/h13-15,21,23,32H,4-12,16H2,1-3H3,(H,26,33). The van der Waals surface area contributed by atoms with Crippen LogP contribution in [0.5, 0.6) is 0 Å². The van der Waals surface area contributed by atoms with Crippen LogP contribution in [0, 0.1) is 13.8 Å². The normalized spacial score (nSPS) is 16.0. The van der Waals surface area contributed by atoms with E-state index in [2.05, 4.69) is 52.2 Å². The maximum Gasteiger partial charge on any atom is 0.252 e. The average Bonchev–Trinajstić information content (AvgIpc) is 3.29. The van der Waals surface area contributed by atoms with Crippen molar-refractivity contribution < 1.29 is 5.11 Å². The Morgan fingerprint density at radius 2 is 1.94 bits per heavy atom. The van der Waals surface area contributed by atoms with E-state index < -0.39 is 0 Å². The van der Waals surface area contributed by atoms with Crippen molar-refractivity contribution in [2.45, 2.75) is 84.3 Å². The number of tetrazole rings is 1.